The number of rotatable bonds is 4. The van der Waals surface area contributed by atoms with Crippen LogP contribution in [0.5, 0.6) is 0 Å². The highest BCUT2D eigenvalue weighted by Gasteiger charge is 2.82. The van der Waals surface area contributed by atoms with Crippen LogP contribution in [0.4, 0.5) is 0 Å². The molecule has 0 aromatic heterocycles. The topological polar surface area (TPSA) is 102 Å². The summed E-state index contributed by atoms with van der Waals surface area (Å²) in [4.78, 5) is 37.1. The van der Waals surface area contributed by atoms with Crippen molar-refractivity contribution in [1.82, 2.24) is 0 Å². The van der Waals surface area contributed by atoms with Crippen molar-refractivity contribution in [2.24, 2.45) is 28.6 Å². The number of fused-ring (bicyclic) bond motifs is 3. The van der Waals surface area contributed by atoms with Gasteiger partial charge in [0.05, 0.1) is 31.8 Å². The smallest absolute Gasteiger partial charge is 0.309 e. The van der Waals surface area contributed by atoms with E-state index in [0.717, 1.165) is 5.57 Å². The van der Waals surface area contributed by atoms with Gasteiger partial charge < -0.3 is 19.3 Å². The maximum atomic E-state index is 13.0. The average molecular weight is 445 g/mol. The van der Waals surface area contributed by atoms with Crippen molar-refractivity contribution in [3.05, 3.63) is 23.8 Å². The number of ether oxygens (including phenoxy) is 3. The summed E-state index contributed by atoms with van der Waals surface area (Å²) in [6.07, 6.45) is 8.13. The highest BCUT2D eigenvalue weighted by Crippen LogP contribution is 2.76. The molecular formula is C25H32O7. The van der Waals surface area contributed by atoms with Gasteiger partial charge >= 0.3 is 11.9 Å². The van der Waals surface area contributed by atoms with Crippen LogP contribution >= 0.6 is 0 Å². The van der Waals surface area contributed by atoms with Gasteiger partial charge in [-0.2, -0.15) is 0 Å². The molecule has 2 unspecified atom stereocenters. The van der Waals surface area contributed by atoms with Gasteiger partial charge in [-0.15, -0.1) is 0 Å². The van der Waals surface area contributed by atoms with E-state index in [1.54, 1.807) is 6.08 Å². The molecule has 7 nitrogen and oxygen atoms in total. The van der Waals surface area contributed by atoms with Gasteiger partial charge in [-0.1, -0.05) is 31.6 Å². The van der Waals surface area contributed by atoms with Crippen molar-refractivity contribution >= 4 is 17.7 Å². The van der Waals surface area contributed by atoms with Crippen LogP contribution in [0.15, 0.2) is 23.8 Å². The third-order valence-corrected chi connectivity index (χ3v) is 9.65. The molecular weight excluding hydrogens is 412 g/mol. The molecule has 1 spiro atoms. The Kier molecular flexibility index (Phi) is 4.61. The van der Waals surface area contributed by atoms with E-state index in [2.05, 4.69) is 6.92 Å². The van der Waals surface area contributed by atoms with E-state index < -0.39 is 22.5 Å². The van der Waals surface area contributed by atoms with Crippen LogP contribution in [0, 0.1) is 28.6 Å². The fourth-order valence-corrected chi connectivity index (χ4v) is 7.72. The van der Waals surface area contributed by atoms with Gasteiger partial charge in [-0.05, 0) is 37.7 Å². The molecule has 0 aromatic carbocycles. The summed E-state index contributed by atoms with van der Waals surface area (Å²) in [7, 11) is 2.74. The normalized spacial score (nSPS) is 48.0. The van der Waals surface area contributed by atoms with Crippen molar-refractivity contribution in [2.75, 3.05) is 14.2 Å². The molecule has 5 rings (SSSR count). The molecule has 1 aliphatic heterocycles. The van der Waals surface area contributed by atoms with Gasteiger partial charge in [0, 0.05) is 29.6 Å². The minimum absolute atomic E-state index is 0.103. The number of esters is 2. The largest absolute Gasteiger partial charge is 0.469 e. The van der Waals surface area contributed by atoms with Crippen LogP contribution in [-0.4, -0.2) is 54.4 Å². The van der Waals surface area contributed by atoms with Crippen LogP contribution < -0.4 is 0 Å². The molecule has 8 atom stereocenters. The lowest BCUT2D eigenvalue weighted by Gasteiger charge is -2.58. The zero-order valence-corrected chi connectivity index (χ0v) is 19.2. The standard InChI is InChI=1S/C25H32O7/c1-22-8-5-15(26)11-14(22)12-16(21(28)31-4)20-17-6-9-24(29,10-7-19(27)30-3)23(17,2)13-18-25(20,22)32-18/h6,9,11,16-18,20,29H,5,7-8,10,12-13H2,1-4H3/t16-,17?,18-,20?,22+,23+,24-,25-/m1/s1. The first-order valence-corrected chi connectivity index (χ1v) is 11.5. The average Bonchev–Trinajstić information content (AvgIpc) is 3.43. The number of epoxide rings is 1. The molecule has 7 heteroatoms. The third kappa shape index (κ3) is 2.52. The van der Waals surface area contributed by atoms with Crippen molar-refractivity contribution in [3.8, 4) is 0 Å². The van der Waals surface area contributed by atoms with E-state index in [1.165, 1.54) is 14.2 Å². The van der Waals surface area contributed by atoms with Crippen LogP contribution in [-0.2, 0) is 28.6 Å². The molecule has 0 radical (unpaired) electrons. The minimum Gasteiger partial charge on any atom is -0.469 e. The maximum absolute atomic E-state index is 13.0. The second-order valence-electron chi connectivity index (χ2n) is 10.7. The van der Waals surface area contributed by atoms with Crippen molar-refractivity contribution < 1.29 is 33.7 Å². The summed E-state index contributed by atoms with van der Waals surface area (Å²) in [5.74, 6) is -1.28. The minimum atomic E-state index is -1.19. The number of hydrogen-bond donors (Lipinski definition) is 1. The Morgan fingerprint density at radius 1 is 1.25 bits per heavy atom. The first-order valence-electron chi connectivity index (χ1n) is 11.5. The summed E-state index contributed by atoms with van der Waals surface area (Å²) >= 11 is 0. The van der Waals surface area contributed by atoms with E-state index >= 15 is 0 Å². The molecule has 0 amide bonds. The van der Waals surface area contributed by atoms with Crippen LogP contribution in [0.3, 0.4) is 0 Å². The van der Waals surface area contributed by atoms with E-state index in [1.807, 2.05) is 19.1 Å². The SMILES string of the molecule is COC(=O)CC[C@]1(O)C=CC2C3[C@H](C(=O)OC)CC4=CC(=O)CC[C@]4(C)[C@]34O[C@@H]4C[C@@]21C. The molecule has 0 aromatic rings. The van der Waals surface area contributed by atoms with Gasteiger partial charge in [0.1, 0.15) is 5.60 Å². The van der Waals surface area contributed by atoms with E-state index in [0.29, 0.717) is 25.7 Å². The van der Waals surface area contributed by atoms with Crippen molar-refractivity contribution in [2.45, 2.75) is 69.7 Å². The monoisotopic (exact) mass is 444 g/mol. The van der Waals surface area contributed by atoms with E-state index in [4.69, 9.17) is 14.2 Å². The zero-order chi connectivity index (χ0) is 23.1. The van der Waals surface area contributed by atoms with Gasteiger partial charge in [0.25, 0.3) is 0 Å². The number of hydrogen-bond acceptors (Lipinski definition) is 7. The predicted octanol–water partition coefficient (Wildman–Crippen LogP) is 2.51. The molecule has 1 heterocycles. The number of carbonyl (C=O) groups excluding carboxylic acids is 3. The molecule has 1 saturated heterocycles. The van der Waals surface area contributed by atoms with Gasteiger partial charge in [-0.3, -0.25) is 14.4 Å². The first-order chi connectivity index (χ1) is 15.1. The van der Waals surface area contributed by atoms with Gasteiger partial charge in [-0.25, -0.2) is 0 Å². The fraction of sp³-hybridized carbons (Fsp3) is 0.720. The number of aliphatic hydroxyl groups is 1. The molecule has 1 N–H and O–H groups in total. The molecule has 174 valence electrons. The fourth-order valence-electron chi connectivity index (χ4n) is 7.72. The number of methoxy groups -OCH3 is 2. The molecule has 0 bridgehead atoms. The second kappa shape index (κ2) is 6.76. The quantitative estimate of drug-likeness (QED) is 0.404. The van der Waals surface area contributed by atoms with Gasteiger partial charge in [0.15, 0.2) is 5.78 Å². The lowest BCUT2D eigenvalue weighted by Crippen LogP contribution is -2.63. The van der Waals surface area contributed by atoms with Crippen molar-refractivity contribution in [3.63, 3.8) is 0 Å². The third-order valence-electron chi connectivity index (χ3n) is 9.65. The lowest BCUT2D eigenvalue weighted by atomic mass is 9.43. The predicted molar refractivity (Wildman–Crippen MR) is 113 cm³/mol. The Morgan fingerprint density at radius 3 is 2.69 bits per heavy atom. The zero-order valence-electron chi connectivity index (χ0n) is 19.2. The lowest BCUT2D eigenvalue weighted by molar-refractivity contribution is -0.161. The first kappa shape index (κ1) is 21.8. The molecule has 5 aliphatic rings. The number of carbonyl (C=O) groups is 3. The van der Waals surface area contributed by atoms with E-state index in [-0.39, 0.29) is 53.9 Å². The summed E-state index contributed by atoms with van der Waals surface area (Å²) in [5, 5.41) is 11.7. The highest BCUT2D eigenvalue weighted by atomic mass is 16.6. The Labute approximate surface area is 188 Å². The Morgan fingerprint density at radius 2 is 2.00 bits per heavy atom. The summed E-state index contributed by atoms with van der Waals surface area (Å²) in [6.45, 7) is 4.23. The van der Waals surface area contributed by atoms with Gasteiger partial charge in [0.2, 0.25) is 0 Å². The van der Waals surface area contributed by atoms with Crippen LogP contribution in [0.1, 0.15) is 52.4 Å². The Bertz CT molecular complexity index is 952. The highest BCUT2D eigenvalue weighted by molar-refractivity contribution is 5.92. The summed E-state index contributed by atoms with van der Waals surface area (Å²) < 4.78 is 16.5. The van der Waals surface area contributed by atoms with Crippen molar-refractivity contribution in [1.29, 1.82) is 0 Å². The molecule has 4 aliphatic carbocycles. The van der Waals surface area contributed by atoms with Crippen LogP contribution in [0.25, 0.3) is 0 Å². The summed E-state index contributed by atoms with van der Waals surface area (Å²) in [6, 6.07) is 0. The summed E-state index contributed by atoms with van der Waals surface area (Å²) in [5.41, 5.74) is -1.63. The molecule has 2 saturated carbocycles. The number of ketones is 1. The number of allylic oxidation sites excluding steroid dienone is 2. The Balaban J connectivity index is 1.57. The second-order valence-corrected chi connectivity index (χ2v) is 10.7. The molecule has 3 fully saturated rings. The molecule has 32 heavy (non-hydrogen) atoms. The maximum Gasteiger partial charge on any atom is 0.309 e. The Hall–Kier alpha value is -1.99. The van der Waals surface area contributed by atoms with Crippen LogP contribution in [0.2, 0.25) is 0 Å². The van der Waals surface area contributed by atoms with E-state index in [9.17, 15) is 19.5 Å².